The van der Waals surface area contributed by atoms with E-state index in [1.807, 2.05) is 31.2 Å². The van der Waals surface area contributed by atoms with Crippen LogP contribution in [0, 0.1) is 18.7 Å². The van der Waals surface area contributed by atoms with Gasteiger partial charge >= 0.3 is 0 Å². The summed E-state index contributed by atoms with van der Waals surface area (Å²) >= 11 is 7.48. The molecule has 3 aromatic rings. The third-order valence-corrected chi connectivity index (χ3v) is 7.78. The molecule has 174 valence electrons. The number of rotatable bonds is 7. The first-order chi connectivity index (χ1) is 15.7. The highest BCUT2D eigenvalue weighted by Gasteiger charge is 2.28. The van der Waals surface area contributed by atoms with Crippen LogP contribution in [0.1, 0.15) is 24.0 Å². The summed E-state index contributed by atoms with van der Waals surface area (Å²) in [5.74, 6) is -0.921. The van der Waals surface area contributed by atoms with Crippen molar-refractivity contribution in [3.63, 3.8) is 0 Å². The molecule has 0 spiro atoms. The lowest BCUT2D eigenvalue weighted by atomic mass is 9.81. The largest absolute Gasteiger partial charge is 0.491 e. The van der Waals surface area contributed by atoms with Gasteiger partial charge in [0.05, 0.1) is 17.1 Å². The Morgan fingerprint density at radius 3 is 2.76 bits per heavy atom. The van der Waals surface area contributed by atoms with Crippen molar-refractivity contribution in [2.24, 2.45) is 11.7 Å². The smallest absolute Gasteiger partial charge is 0.266 e. The molecular weight excluding hydrogens is 485 g/mol. The molecule has 0 radical (unpaired) electrons. The van der Waals surface area contributed by atoms with E-state index in [4.69, 9.17) is 22.1 Å². The number of ether oxygens (including phenoxy) is 1. The van der Waals surface area contributed by atoms with Crippen molar-refractivity contribution in [1.29, 1.82) is 0 Å². The zero-order valence-electron chi connectivity index (χ0n) is 17.8. The highest BCUT2D eigenvalue weighted by molar-refractivity contribution is 7.92. The lowest BCUT2D eigenvalue weighted by Crippen LogP contribution is -2.36. The summed E-state index contributed by atoms with van der Waals surface area (Å²) in [6.45, 7) is 2.21. The molecule has 0 aliphatic heterocycles. The molecule has 0 amide bonds. The summed E-state index contributed by atoms with van der Waals surface area (Å²) in [6, 6.07) is 10.1. The summed E-state index contributed by atoms with van der Waals surface area (Å²) in [7, 11) is -4.20. The molecule has 33 heavy (non-hydrogen) atoms. The van der Waals surface area contributed by atoms with Crippen LogP contribution in [-0.4, -0.2) is 26.1 Å². The van der Waals surface area contributed by atoms with Gasteiger partial charge in [-0.2, -0.15) is 0 Å². The van der Waals surface area contributed by atoms with E-state index in [-0.39, 0.29) is 35.2 Å². The minimum atomic E-state index is -4.20. The molecular formula is C23H23ClFN3O3S2. The Hall–Kier alpha value is -2.46. The number of halogens is 2. The van der Waals surface area contributed by atoms with E-state index < -0.39 is 20.7 Å². The normalized spacial score (nSPS) is 18.6. The van der Waals surface area contributed by atoms with Gasteiger partial charge in [-0.15, -0.1) is 11.3 Å². The minimum Gasteiger partial charge on any atom is -0.491 e. The maximum atomic E-state index is 14.8. The van der Waals surface area contributed by atoms with Gasteiger partial charge in [0.1, 0.15) is 16.5 Å². The van der Waals surface area contributed by atoms with Gasteiger partial charge in [0.25, 0.3) is 10.0 Å². The molecule has 2 atom stereocenters. The number of aromatic nitrogens is 1. The third-order valence-electron chi connectivity index (χ3n) is 5.53. The zero-order chi connectivity index (χ0) is 23.6. The molecule has 0 bridgehead atoms. The SMILES string of the molecule is Cc1ccc(C2=CCCC(N)C2COc2cc(F)c(S(=O)(=O)Nc3cscn3)cc2Cl)cc1. The third kappa shape index (κ3) is 5.38. The minimum absolute atomic E-state index is 0.0136. The number of hydrogen-bond donors (Lipinski definition) is 2. The van der Waals surface area contributed by atoms with E-state index in [1.165, 1.54) is 22.2 Å². The number of nitrogens with zero attached hydrogens (tertiary/aromatic N) is 1. The lowest BCUT2D eigenvalue weighted by Gasteiger charge is -2.30. The second-order valence-electron chi connectivity index (χ2n) is 7.88. The average Bonchev–Trinajstić information content (AvgIpc) is 3.27. The second kappa shape index (κ2) is 9.80. The quantitative estimate of drug-likeness (QED) is 0.456. The maximum absolute atomic E-state index is 14.8. The van der Waals surface area contributed by atoms with Crippen LogP contribution in [0.25, 0.3) is 5.57 Å². The van der Waals surface area contributed by atoms with Crippen LogP contribution in [0.4, 0.5) is 10.2 Å². The first-order valence-corrected chi connectivity index (χ1v) is 13.1. The fourth-order valence-corrected chi connectivity index (χ4v) is 5.69. The summed E-state index contributed by atoms with van der Waals surface area (Å²) in [4.78, 5) is 3.27. The molecule has 10 heteroatoms. The van der Waals surface area contributed by atoms with Gasteiger partial charge in [-0.1, -0.05) is 47.5 Å². The Bertz CT molecular complexity index is 1260. The number of nitrogens with one attached hydrogen (secondary N) is 1. The molecule has 1 aliphatic rings. The van der Waals surface area contributed by atoms with Crippen molar-refractivity contribution >= 4 is 44.4 Å². The lowest BCUT2D eigenvalue weighted by molar-refractivity contribution is 0.252. The predicted molar refractivity (Wildman–Crippen MR) is 130 cm³/mol. The Balaban J connectivity index is 1.54. The number of aryl methyl sites for hydroxylation is 1. The van der Waals surface area contributed by atoms with Crippen molar-refractivity contribution in [2.45, 2.75) is 30.7 Å². The Kier molecular flexibility index (Phi) is 7.04. The Morgan fingerprint density at radius 2 is 2.06 bits per heavy atom. The van der Waals surface area contributed by atoms with Gasteiger partial charge in [-0.25, -0.2) is 17.8 Å². The number of anilines is 1. The van der Waals surface area contributed by atoms with Crippen LogP contribution in [-0.2, 0) is 10.0 Å². The van der Waals surface area contributed by atoms with Crippen LogP contribution in [0.3, 0.4) is 0 Å². The van der Waals surface area contributed by atoms with Crippen molar-refractivity contribution in [1.82, 2.24) is 4.98 Å². The molecule has 0 saturated heterocycles. The molecule has 2 aromatic carbocycles. The summed E-state index contributed by atoms with van der Waals surface area (Å²) in [6.07, 6.45) is 3.84. The molecule has 1 aliphatic carbocycles. The van der Waals surface area contributed by atoms with E-state index in [1.54, 1.807) is 0 Å². The highest BCUT2D eigenvalue weighted by atomic mass is 35.5. The number of thiazole rings is 1. The molecule has 4 rings (SSSR count). The molecule has 6 nitrogen and oxygen atoms in total. The van der Waals surface area contributed by atoms with Crippen molar-refractivity contribution in [3.8, 4) is 5.75 Å². The maximum Gasteiger partial charge on any atom is 0.266 e. The fourth-order valence-electron chi connectivity index (χ4n) is 3.77. The number of nitrogens with two attached hydrogens (primary N) is 1. The summed E-state index contributed by atoms with van der Waals surface area (Å²) in [5.41, 5.74) is 11.2. The van der Waals surface area contributed by atoms with Crippen LogP contribution in [0.2, 0.25) is 5.02 Å². The standard InChI is InChI=1S/C23H23ClFN3O3S2/c1-14-5-7-15(8-6-14)16-3-2-4-20(26)17(16)11-31-21-10-19(25)22(9-18(21)24)33(29,30)28-23-12-32-13-27-23/h3,5-10,12-13,17,20,28H,2,4,11,26H2,1H3. The van der Waals surface area contributed by atoms with Crippen molar-refractivity contribution < 1.29 is 17.5 Å². The molecule has 1 aromatic heterocycles. The molecule has 0 saturated carbocycles. The molecule has 1 heterocycles. The van der Waals surface area contributed by atoms with Gasteiger partial charge < -0.3 is 10.5 Å². The average molecular weight is 508 g/mol. The molecule has 3 N–H and O–H groups in total. The van der Waals surface area contributed by atoms with Gasteiger partial charge in [-0.05, 0) is 37.0 Å². The van der Waals surface area contributed by atoms with Gasteiger partial charge in [0, 0.05) is 23.4 Å². The summed E-state index contributed by atoms with van der Waals surface area (Å²) in [5, 5.41) is 1.49. The van der Waals surface area contributed by atoms with Crippen LogP contribution in [0.15, 0.2) is 58.3 Å². The Morgan fingerprint density at radius 1 is 1.30 bits per heavy atom. The van der Waals surface area contributed by atoms with Gasteiger partial charge in [-0.3, -0.25) is 4.72 Å². The second-order valence-corrected chi connectivity index (χ2v) is 10.7. The number of sulfonamides is 1. The van der Waals surface area contributed by atoms with Crippen LogP contribution < -0.4 is 15.2 Å². The molecule has 0 fully saturated rings. The van der Waals surface area contributed by atoms with E-state index in [0.717, 1.165) is 41.7 Å². The molecule has 2 unspecified atom stereocenters. The van der Waals surface area contributed by atoms with E-state index in [0.29, 0.717) is 0 Å². The van der Waals surface area contributed by atoms with Crippen LogP contribution in [0.5, 0.6) is 5.75 Å². The van der Waals surface area contributed by atoms with Crippen LogP contribution >= 0.6 is 22.9 Å². The predicted octanol–water partition coefficient (Wildman–Crippen LogP) is 5.24. The number of allylic oxidation sites excluding steroid dienone is 1. The topological polar surface area (TPSA) is 94.3 Å². The van der Waals surface area contributed by atoms with Gasteiger partial charge in [0.15, 0.2) is 5.82 Å². The number of hydrogen-bond acceptors (Lipinski definition) is 6. The van der Waals surface area contributed by atoms with E-state index in [2.05, 4.69) is 15.8 Å². The van der Waals surface area contributed by atoms with Crippen molar-refractivity contribution in [3.05, 3.63) is 75.3 Å². The fraction of sp³-hybridized carbons (Fsp3) is 0.261. The summed E-state index contributed by atoms with van der Waals surface area (Å²) < 4.78 is 47.9. The van der Waals surface area contributed by atoms with Gasteiger partial charge in [0.2, 0.25) is 0 Å². The van der Waals surface area contributed by atoms with E-state index >= 15 is 0 Å². The Labute approximate surface area is 201 Å². The first-order valence-electron chi connectivity index (χ1n) is 10.3. The zero-order valence-corrected chi connectivity index (χ0v) is 20.2. The highest BCUT2D eigenvalue weighted by Crippen LogP contribution is 2.35. The monoisotopic (exact) mass is 507 g/mol. The van der Waals surface area contributed by atoms with Crippen molar-refractivity contribution in [2.75, 3.05) is 11.3 Å². The number of benzene rings is 2. The first kappa shape index (κ1) is 23.7. The van der Waals surface area contributed by atoms with E-state index in [9.17, 15) is 12.8 Å².